The molecular weight excluding hydrogens is 298 g/mol. The molecule has 0 saturated heterocycles. The van der Waals surface area contributed by atoms with Crippen LogP contribution in [0.15, 0.2) is 12.1 Å². The second-order valence-electron chi connectivity index (χ2n) is 4.25. The van der Waals surface area contributed by atoms with Gasteiger partial charge in [0, 0.05) is 31.3 Å². The third-order valence-corrected chi connectivity index (χ3v) is 3.20. The van der Waals surface area contributed by atoms with Crippen LogP contribution in [0, 0.1) is 10.1 Å². The Morgan fingerprint density at radius 2 is 2.14 bits per heavy atom. The van der Waals surface area contributed by atoms with Crippen LogP contribution in [-0.4, -0.2) is 47.1 Å². The molecule has 0 fully saturated rings. The smallest absolute Gasteiger partial charge is 0.294 e. The van der Waals surface area contributed by atoms with Crippen LogP contribution in [0.4, 0.5) is 11.4 Å². The monoisotopic (exact) mass is 315 g/mol. The van der Waals surface area contributed by atoms with Crippen molar-refractivity contribution in [2.24, 2.45) is 0 Å². The number of benzene rings is 1. The van der Waals surface area contributed by atoms with Crippen molar-refractivity contribution in [2.75, 3.05) is 31.6 Å². The normalized spacial score (nSPS) is 10.3. The number of nitro groups is 1. The van der Waals surface area contributed by atoms with Crippen molar-refractivity contribution >= 4 is 28.9 Å². The van der Waals surface area contributed by atoms with Crippen molar-refractivity contribution in [3.05, 3.63) is 32.8 Å². The molecule has 0 aliphatic heterocycles. The van der Waals surface area contributed by atoms with Crippen LogP contribution in [0.2, 0.25) is 5.02 Å². The first-order valence-electron chi connectivity index (χ1n) is 6.58. The van der Waals surface area contributed by atoms with Gasteiger partial charge in [0.1, 0.15) is 5.69 Å². The van der Waals surface area contributed by atoms with Gasteiger partial charge in [0.25, 0.3) is 11.6 Å². The molecule has 8 heteroatoms. The molecule has 2 N–H and O–H groups in total. The highest BCUT2D eigenvalue weighted by Gasteiger charge is 2.23. The first-order chi connectivity index (χ1) is 9.96. The Kier molecular flexibility index (Phi) is 6.39. The van der Waals surface area contributed by atoms with Gasteiger partial charge in [-0.2, -0.15) is 0 Å². The predicted molar refractivity (Wildman–Crippen MR) is 80.9 cm³/mol. The molecule has 1 rings (SSSR count). The Morgan fingerprint density at radius 3 is 2.62 bits per heavy atom. The number of hydrogen-bond donors (Lipinski definition) is 2. The van der Waals surface area contributed by atoms with Gasteiger partial charge < -0.3 is 15.3 Å². The van der Waals surface area contributed by atoms with E-state index in [1.807, 2.05) is 0 Å². The summed E-state index contributed by atoms with van der Waals surface area (Å²) in [6.45, 7) is 4.40. The lowest BCUT2D eigenvalue weighted by Gasteiger charge is -2.20. The zero-order valence-electron chi connectivity index (χ0n) is 11.9. The number of nitro benzene ring substituents is 1. The highest BCUT2D eigenvalue weighted by molar-refractivity contribution is 6.34. The van der Waals surface area contributed by atoms with Gasteiger partial charge in [0.05, 0.1) is 16.6 Å². The molecule has 1 aromatic rings. The number of amides is 1. The third-order valence-electron chi connectivity index (χ3n) is 2.91. The molecule has 21 heavy (non-hydrogen) atoms. The van der Waals surface area contributed by atoms with Crippen molar-refractivity contribution in [1.29, 1.82) is 0 Å². The summed E-state index contributed by atoms with van der Waals surface area (Å²) in [5.41, 5.74) is 0.0855. The maximum Gasteiger partial charge on any atom is 0.294 e. The summed E-state index contributed by atoms with van der Waals surface area (Å²) in [5.74, 6) is -0.403. The van der Waals surface area contributed by atoms with Crippen molar-refractivity contribution in [2.45, 2.75) is 13.8 Å². The van der Waals surface area contributed by atoms with Crippen molar-refractivity contribution < 1.29 is 14.8 Å². The van der Waals surface area contributed by atoms with Crippen LogP contribution in [0.5, 0.6) is 0 Å². The van der Waals surface area contributed by atoms with Gasteiger partial charge in [-0.1, -0.05) is 11.6 Å². The van der Waals surface area contributed by atoms with Crippen LogP contribution in [0.1, 0.15) is 24.2 Å². The van der Waals surface area contributed by atoms with Gasteiger partial charge in [-0.3, -0.25) is 14.9 Å². The van der Waals surface area contributed by atoms with Crippen molar-refractivity contribution in [3.8, 4) is 0 Å². The molecule has 0 aliphatic rings. The fourth-order valence-corrected chi connectivity index (χ4v) is 2.20. The van der Waals surface area contributed by atoms with Crippen molar-refractivity contribution in [1.82, 2.24) is 4.90 Å². The number of carbonyl (C=O) groups is 1. The molecule has 1 aromatic carbocycles. The van der Waals surface area contributed by atoms with Crippen LogP contribution >= 0.6 is 11.6 Å². The fourth-order valence-electron chi connectivity index (χ4n) is 1.92. The van der Waals surface area contributed by atoms with Gasteiger partial charge in [0.2, 0.25) is 0 Å². The lowest BCUT2D eigenvalue weighted by Crippen LogP contribution is -2.33. The van der Waals surface area contributed by atoms with Crippen LogP contribution in [0.25, 0.3) is 0 Å². The van der Waals surface area contributed by atoms with E-state index in [2.05, 4.69) is 5.32 Å². The molecule has 0 radical (unpaired) electrons. The van der Waals surface area contributed by atoms with Gasteiger partial charge >= 0.3 is 0 Å². The minimum absolute atomic E-state index is 0.120. The lowest BCUT2D eigenvalue weighted by atomic mass is 10.1. The molecule has 0 aromatic heterocycles. The topological polar surface area (TPSA) is 95.7 Å². The Balaban J connectivity index is 3.26. The molecular formula is C13H18ClN3O4. The molecule has 7 nitrogen and oxygen atoms in total. The predicted octanol–water partition coefficient (Wildman–Crippen LogP) is 2.13. The van der Waals surface area contributed by atoms with E-state index in [-0.39, 0.29) is 35.1 Å². The quantitative estimate of drug-likeness (QED) is 0.593. The molecule has 0 atom stereocenters. The molecule has 0 aliphatic carbocycles. The van der Waals surface area contributed by atoms with Gasteiger partial charge in [-0.05, 0) is 19.9 Å². The van der Waals surface area contributed by atoms with E-state index in [0.29, 0.717) is 13.1 Å². The molecule has 0 spiro atoms. The Labute approximate surface area is 127 Å². The summed E-state index contributed by atoms with van der Waals surface area (Å²) < 4.78 is 0. The largest absolute Gasteiger partial charge is 0.395 e. The second-order valence-corrected chi connectivity index (χ2v) is 4.66. The average Bonchev–Trinajstić information content (AvgIpc) is 2.45. The van der Waals surface area contributed by atoms with E-state index in [0.717, 1.165) is 0 Å². The molecule has 0 unspecified atom stereocenters. The van der Waals surface area contributed by atoms with E-state index in [1.165, 1.54) is 17.0 Å². The zero-order chi connectivity index (χ0) is 16.0. The average molecular weight is 316 g/mol. The maximum atomic E-state index is 12.3. The summed E-state index contributed by atoms with van der Waals surface area (Å²) in [6.07, 6.45) is 0. The third kappa shape index (κ3) is 4.05. The number of carbonyl (C=O) groups excluding carboxylic acids is 1. The van der Waals surface area contributed by atoms with E-state index >= 15 is 0 Å². The highest BCUT2D eigenvalue weighted by Crippen LogP contribution is 2.34. The van der Waals surface area contributed by atoms with Crippen LogP contribution in [-0.2, 0) is 0 Å². The van der Waals surface area contributed by atoms with Gasteiger partial charge in [-0.15, -0.1) is 0 Å². The van der Waals surface area contributed by atoms with E-state index in [9.17, 15) is 14.9 Å². The number of hydrogen-bond acceptors (Lipinski definition) is 5. The highest BCUT2D eigenvalue weighted by atomic mass is 35.5. The SMILES string of the molecule is CCNc1c(Cl)cc(C(=O)N(CC)CCO)cc1[N+](=O)[O-]. The number of likely N-dealkylation sites (N-methyl/N-ethyl adjacent to an activating group) is 1. The number of aliphatic hydroxyl groups is 1. The molecule has 0 bridgehead atoms. The van der Waals surface area contributed by atoms with Crippen molar-refractivity contribution in [3.63, 3.8) is 0 Å². The maximum absolute atomic E-state index is 12.3. The van der Waals surface area contributed by atoms with E-state index < -0.39 is 10.8 Å². The Hall–Kier alpha value is -1.86. The van der Waals surface area contributed by atoms with Gasteiger partial charge in [0.15, 0.2) is 0 Å². The summed E-state index contributed by atoms with van der Waals surface area (Å²) in [4.78, 5) is 24.2. The minimum atomic E-state index is -0.580. The molecule has 0 saturated carbocycles. The Bertz CT molecular complexity index is 536. The lowest BCUT2D eigenvalue weighted by molar-refractivity contribution is -0.384. The number of nitrogens with zero attached hydrogens (tertiary/aromatic N) is 2. The second kappa shape index (κ2) is 7.80. The van der Waals surface area contributed by atoms with Crippen LogP contribution in [0.3, 0.4) is 0 Å². The number of anilines is 1. The first kappa shape index (κ1) is 17.2. The summed E-state index contributed by atoms with van der Waals surface area (Å²) >= 11 is 6.04. The minimum Gasteiger partial charge on any atom is -0.395 e. The van der Waals surface area contributed by atoms with E-state index in [4.69, 9.17) is 16.7 Å². The molecule has 1 amide bonds. The summed E-state index contributed by atoms with van der Waals surface area (Å²) in [6, 6.07) is 2.60. The number of halogens is 1. The number of nitrogens with one attached hydrogen (secondary N) is 1. The summed E-state index contributed by atoms with van der Waals surface area (Å²) in [7, 11) is 0. The molecule has 0 heterocycles. The first-order valence-corrected chi connectivity index (χ1v) is 6.95. The van der Waals surface area contributed by atoms with Gasteiger partial charge in [-0.25, -0.2) is 0 Å². The summed E-state index contributed by atoms with van der Waals surface area (Å²) in [5, 5.41) is 23.0. The molecule has 116 valence electrons. The number of rotatable bonds is 7. The zero-order valence-corrected chi connectivity index (χ0v) is 12.7. The van der Waals surface area contributed by atoms with Crippen LogP contribution < -0.4 is 5.32 Å². The standard InChI is InChI=1S/C13H18ClN3O4/c1-3-15-12-10(14)7-9(8-11(12)17(20)21)13(19)16(4-2)5-6-18/h7-8,15,18H,3-6H2,1-2H3. The fraction of sp³-hybridized carbons (Fsp3) is 0.462. The Morgan fingerprint density at radius 1 is 1.48 bits per heavy atom. The number of aliphatic hydroxyl groups excluding tert-OH is 1. The van der Waals surface area contributed by atoms with E-state index in [1.54, 1.807) is 13.8 Å².